The summed E-state index contributed by atoms with van der Waals surface area (Å²) in [5.74, 6) is -0.261. The van der Waals surface area contributed by atoms with Crippen molar-refractivity contribution in [2.75, 3.05) is 14.2 Å². The first-order chi connectivity index (χ1) is 17.2. The maximum absolute atomic E-state index is 13.3. The van der Waals surface area contributed by atoms with Gasteiger partial charge in [0.25, 0.3) is 11.7 Å². The quantitative estimate of drug-likeness (QED) is 0.299. The zero-order valence-corrected chi connectivity index (χ0v) is 21.1. The van der Waals surface area contributed by atoms with Crippen LogP contribution in [0.2, 0.25) is 0 Å². The van der Waals surface area contributed by atoms with E-state index in [2.05, 4.69) is 4.98 Å². The van der Waals surface area contributed by atoms with Crippen molar-refractivity contribution in [1.29, 1.82) is 0 Å². The zero-order chi connectivity index (χ0) is 26.0. The van der Waals surface area contributed by atoms with Crippen LogP contribution in [0.25, 0.3) is 5.76 Å². The average molecular weight is 487 g/mol. The fourth-order valence-corrected chi connectivity index (χ4v) is 4.45. The smallest absolute Gasteiger partial charge is 0.295 e. The van der Waals surface area contributed by atoms with Gasteiger partial charge in [-0.3, -0.25) is 14.6 Å². The topological polar surface area (TPSA) is 89.0 Å². The van der Waals surface area contributed by atoms with E-state index in [1.807, 2.05) is 39.0 Å². The van der Waals surface area contributed by atoms with Crippen molar-refractivity contribution in [2.24, 2.45) is 0 Å². The molecule has 0 spiro atoms. The van der Waals surface area contributed by atoms with Crippen LogP contribution in [-0.4, -0.2) is 40.9 Å². The molecule has 1 amide bonds. The molecule has 1 atom stereocenters. The predicted molar refractivity (Wildman–Crippen MR) is 137 cm³/mol. The zero-order valence-electron chi connectivity index (χ0n) is 21.1. The summed E-state index contributed by atoms with van der Waals surface area (Å²) >= 11 is 0. The van der Waals surface area contributed by atoms with Gasteiger partial charge in [-0.2, -0.15) is 0 Å². The largest absolute Gasteiger partial charge is 0.507 e. The Kier molecular flexibility index (Phi) is 6.84. The van der Waals surface area contributed by atoms with E-state index in [1.165, 1.54) is 4.90 Å². The Hall–Kier alpha value is -4.13. The van der Waals surface area contributed by atoms with Crippen LogP contribution in [-0.2, 0) is 21.5 Å². The van der Waals surface area contributed by atoms with Crippen LogP contribution < -0.4 is 9.47 Å². The van der Waals surface area contributed by atoms with Crippen LogP contribution in [0.5, 0.6) is 11.5 Å². The van der Waals surface area contributed by atoms with E-state index in [0.717, 1.165) is 11.1 Å². The summed E-state index contributed by atoms with van der Waals surface area (Å²) in [6, 6.07) is 15.3. The second-order valence-corrected chi connectivity index (χ2v) is 9.73. The minimum atomic E-state index is -0.791. The van der Waals surface area contributed by atoms with E-state index in [9.17, 15) is 14.7 Å². The number of rotatable bonds is 6. The summed E-state index contributed by atoms with van der Waals surface area (Å²) in [4.78, 5) is 32.3. The van der Waals surface area contributed by atoms with Crippen molar-refractivity contribution >= 4 is 17.4 Å². The summed E-state index contributed by atoms with van der Waals surface area (Å²) in [6.45, 7) is 6.30. The molecular formula is C29H30N2O5. The van der Waals surface area contributed by atoms with Crippen molar-refractivity contribution < 1.29 is 24.2 Å². The third-order valence-corrected chi connectivity index (χ3v) is 6.33. The van der Waals surface area contributed by atoms with Gasteiger partial charge in [0.05, 0.1) is 25.8 Å². The normalized spacial score (nSPS) is 17.4. The molecule has 1 unspecified atom stereocenters. The summed E-state index contributed by atoms with van der Waals surface area (Å²) in [7, 11) is 3.18. The highest BCUT2D eigenvalue weighted by Gasteiger charge is 2.46. The number of aliphatic hydroxyl groups excluding tert-OH is 1. The maximum Gasteiger partial charge on any atom is 0.295 e. The lowest BCUT2D eigenvalue weighted by atomic mass is 9.84. The van der Waals surface area contributed by atoms with Crippen LogP contribution in [0.1, 0.15) is 49.1 Å². The molecule has 7 heteroatoms. The molecule has 0 saturated carbocycles. The van der Waals surface area contributed by atoms with Crippen LogP contribution in [0.4, 0.5) is 0 Å². The highest BCUT2D eigenvalue weighted by Crippen LogP contribution is 2.41. The second-order valence-electron chi connectivity index (χ2n) is 9.73. The van der Waals surface area contributed by atoms with Gasteiger partial charge in [-0.15, -0.1) is 0 Å². The SMILES string of the molecule is COc1ccc(CN2C(=O)C(=O)/C(=C(\O)c3ccc(OC)c(C(C)(C)C)c3)C2c2cccnc2)cc1. The molecule has 7 nitrogen and oxygen atoms in total. The minimum Gasteiger partial charge on any atom is -0.507 e. The van der Waals surface area contributed by atoms with E-state index in [1.54, 1.807) is 63.0 Å². The molecule has 36 heavy (non-hydrogen) atoms. The van der Waals surface area contributed by atoms with Crippen molar-refractivity contribution in [3.05, 3.63) is 94.8 Å². The number of aromatic nitrogens is 1. The summed E-state index contributed by atoms with van der Waals surface area (Å²) in [5, 5.41) is 11.4. The van der Waals surface area contributed by atoms with Gasteiger partial charge in [-0.1, -0.05) is 39.0 Å². The number of Topliss-reactive ketones (excluding diaryl/α,β-unsaturated/α-hetero) is 1. The van der Waals surface area contributed by atoms with E-state index in [0.29, 0.717) is 22.6 Å². The average Bonchev–Trinajstić information content (AvgIpc) is 3.13. The van der Waals surface area contributed by atoms with Crippen LogP contribution in [0, 0.1) is 0 Å². The first-order valence-electron chi connectivity index (χ1n) is 11.7. The number of ether oxygens (including phenoxy) is 2. The number of carbonyl (C=O) groups excluding carboxylic acids is 2. The molecule has 1 fully saturated rings. The molecule has 1 aliphatic heterocycles. The third kappa shape index (κ3) is 4.69. The molecule has 2 aromatic carbocycles. The van der Waals surface area contributed by atoms with Crippen molar-refractivity contribution in [1.82, 2.24) is 9.88 Å². The van der Waals surface area contributed by atoms with Crippen LogP contribution in [0.3, 0.4) is 0 Å². The van der Waals surface area contributed by atoms with Gasteiger partial charge in [-0.05, 0) is 52.9 Å². The van der Waals surface area contributed by atoms with Gasteiger partial charge in [-0.25, -0.2) is 0 Å². The molecular weight excluding hydrogens is 456 g/mol. The van der Waals surface area contributed by atoms with Gasteiger partial charge >= 0.3 is 0 Å². The Morgan fingerprint density at radius 2 is 1.75 bits per heavy atom. The van der Waals surface area contributed by atoms with E-state index < -0.39 is 17.7 Å². The Labute approximate surface area is 211 Å². The van der Waals surface area contributed by atoms with Gasteiger partial charge in [0.2, 0.25) is 0 Å². The Balaban J connectivity index is 1.85. The fourth-order valence-electron chi connectivity index (χ4n) is 4.45. The predicted octanol–water partition coefficient (Wildman–Crippen LogP) is 5.02. The van der Waals surface area contributed by atoms with Crippen LogP contribution >= 0.6 is 0 Å². The minimum absolute atomic E-state index is 0.0338. The van der Waals surface area contributed by atoms with Crippen LogP contribution in [0.15, 0.2) is 72.6 Å². The van der Waals surface area contributed by atoms with Gasteiger partial charge < -0.3 is 19.5 Å². The number of likely N-dealkylation sites (tertiary alicyclic amines) is 1. The molecule has 1 aromatic heterocycles. The number of benzene rings is 2. The number of pyridine rings is 1. The first-order valence-corrected chi connectivity index (χ1v) is 11.7. The molecule has 1 aliphatic rings. The number of nitrogens with zero attached hydrogens (tertiary/aromatic N) is 2. The van der Waals surface area contributed by atoms with Crippen molar-refractivity contribution in [2.45, 2.75) is 38.8 Å². The van der Waals surface area contributed by atoms with E-state index in [-0.39, 0.29) is 23.3 Å². The van der Waals surface area contributed by atoms with Gasteiger partial charge in [0.1, 0.15) is 17.3 Å². The van der Waals surface area contributed by atoms with Crippen molar-refractivity contribution in [3.8, 4) is 11.5 Å². The molecule has 0 radical (unpaired) electrons. The molecule has 3 aromatic rings. The summed E-state index contributed by atoms with van der Waals surface area (Å²) < 4.78 is 10.7. The third-order valence-electron chi connectivity index (χ3n) is 6.33. The van der Waals surface area contributed by atoms with E-state index >= 15 is 0 Å². The highest BCUT2D eigenvalue weighted by molar-refractivity contribution is 6.46. The number of carbonyl (C=O) groups is 2. The molecule has 186 valence electrons. The Bertz CT molecular complexity index is 1310. The first kappa shape index (κ1) is 25.0. The highest BCUT2D eigenvalue weighted by atomic mass is 16.5. The number of hydrogen-bond donors (Lipinski definition) is 1. The number of amides is 1. The monoisotopic (exact) mass is 486 g/mol. The standard InChI is InChI=1S/C29H30N2O5/c1-29(2,3)22-15-19(10-13-23(22)36-5)26(32)24-25(20-7-6-14-30-16-20)31(28(34)27(24)33)17-18-8-11-21(35-4)12-9-18/h6-16,25,32H,17H2,1-5H3/b26-24-. The molecule has 0 bridgehead atoms. The molecule has 2 heterocycles. The summed E-state index contributed by atoms with van der Waals surface area (Å²) in [6.07, 6.45) is 3.23. The Morgan fingerprint density at radius 1 is 1.03 bits per heavy atom. The lowest BCUT2D eigenvalue weighted by molar-refractivity contribution is -0.140. The molecule has 1 saturated heterocycles. The number of hydrogen-bond acceptors (Lipinski definition) is 6. The molecule has 1 N–H and O–H groups in total. The van der Waals surface area contributed by atoms with Crippen molar-refractivity contribution in [3.63, 3.8) is 0 Å². The number of methoxy groups -OCH3 is 2. The lowest BCUT2D eigenvalue weighted by Crippen LogP contribution is -2.29. The van der Waals surface area contributed by atoms with E-state index in [4.69, 9.17) is 9.47 Å². The van der Waals surface area contributed by atoms with Gasteiger partial charge in [0.15, 0.2) is 0 Å². The molecule has 0 aliphatic carbocycles. The maximum atomic E-state index is 13.3. The van der Waals surface area contributed by atoms with Gasteiger partial charge in [0, 0.05) is 30.1 Å². The summed E-state index contributed by atoms with van der Waals surface area (Å²) in [5.41, 5.74) is 2.54. The Morgan fingerprint density at radius 3 is 2.33 bits per heavy atom. The fraction of sp³-hybridized carbons (Fsp3) is 0.276. The second kappa shape index (κ2) is 9.85. The lowest BCUT2D eigenvalue weighted by Gasteiger charge is -2.26. The number of aliphatic hydroxyl groups is 1. The molecule has 4 rings (SSSR count). The number of ketones is 1.